The maximum absolute atomic E-state index is 11.6. The molecule has 0 N–H and O–H groups in total. The van der Waals surface area contributed by atoms with Crippen molar-refractivity contribution in [2.24, 2.45) is 10.4 Å². The highest BCUT2D eigenvalue weighted by Gasteiger charge is 2.49. The van der Waals surface area contributed by atoms with Gasteiger partial charge in [0.15, 0.2) is 23.0 Å². The van der Waals surface area contributed by atoms with E-state index in [2.05, 4.69) is 31.2 Å². The summed E-state index contributed by atoms with van der Waals surface area (Å²) >= 11 is 1.59. The van der Waals surface area contributed by atoms with Crippen molar-refractivity contribution in [3.8, 4) is 35.1 Å². The third-order valence-corrected chi connectivity index (χ3v) is 9.68. The molecule has 7 rings (SSSR count). The molecule has 1 spiro atoms. The number of rotatable bonds is 9. The van der Waals surface area contributed by atoms with Crippen molar-refractivity contribution in [2.75, 3.05) is 20.7 Å². The topological polar surface area (TPSA) is 153 Å². The van der Waals surface area contributed by atoms with Crippen molar-refractivity contribution >= 4 is 29.0 Å². The summed E-state index contributed by atoms with van der Waals surface area (Å²) in [6.07, 6.45) is 13.9. The Labute approximate surface area is 257 Å². The lowest BCUT2D eigenvalue weighted by Gasteiger charge is -2.39. The van der Waals surface area contributed by atoms with E-state index >= 15 is 0 Å². The Morgan fingerprint density at radius 2 is 1.91 bits per heavy atom. The Kier molecular flexibility index (Phi) is 7.08. The Morgan fingerprint density at radius 3 is 2.64 bits per heavy atom. The Balaban J connectivity index is 1.30. The minimum atomic E-state index is -0.475. The van der Waals surface area contributed by atoms with Crippen LogP contribution >= 0.6 is 11.3 Å². The second-order valence-electron chi connectivity index (χ2n) is 11.8. The minimum Gasteiger partial charge on any atom is -0.476 e. The van der Waals surface area contributed by atoms with Gasteiger partial charge in [0.05, 0.1) is 41.2 Å². The van der Waals surface area contributed by atoms with Gasteiger partial charge in [0.25, 0.3) is 0 Å². The average molecular weight is 611 g/mol. The lowest BCUT2D eigenvalue weighted by atomic mass is 9.63. The van der Waals surface area contributed by atoms with Gasteiger partial charge >= 0.3 is 0 Å². The van der Waals surface area contributed by atoms with Gasteiger partial charge < -0.3 is 23.7 Å². The van der Waals surface area contributed by atoms with E-state index in [1.807, 2.05) is 19.0 Å². The van der Waals surface area contributed by atoms with Crippen molar-refractivity contribution in [1.29, 1.82) is 5.26 Å². The van der Waals surface area contributed by atoms with Gasteiger partial charge in [-0.15, -0.1) is 11.3 Å². The summed E-state index contributed by atoms with van der Waals surface area (Å²) in [6.45, 7) is 0.220. The number of aldehydes is 1. The lowest BCUT2D eigenvalue weighted by molar-refractivity contribution is -0.113. The number of nitrogens with zero attached hydrogens (tertiary/aromatic N) is 8. The van der Waals surface area contributed by atoms with Gasteiger partial charge in [-0.05, 0) is 56.9 Å². The quantitative estimate of drug-likeness (QED) is 0.140. The van der Waals surface area contributed by atoms with Gasteiger partial charge in [0, 0.05) is 24.5 Å². The first kappa shape index (κ1) is 28.1. The maximum atomic E-state index is 11.6. The molecule has 1 saturated carbocycles. The molecule has 3 aliphatic carbocycles. The van der Waals surface area contributed by atoms with Crippen LogP contribution in [0.4, 0.5) is 5.00 Å². The van der Waals surface area contributed by atoms with Crippen molar-refractivity contribution in [1.82, 2.24) is 30.0 Å². The van der Waals surface area contributed by atoms with Gasteiger partial charge in [-0.1, -0.05) is 5.16 Å². The molecule has 1 fully saturated rings. The SMILES string of the molecule is CN(C)C=Nc1sc2c(c1C#N)[C@@]1(CCC2)CCCc2c(-c3nc(OCC4(C=O)CC4)cc(Oc4cncnc4)n3)noc21. The zero-order valence-electron chi connectivity index (χ0n) is 24.4. The molecule has 0 saturated heterocycles. The molecule has 4 aromatic rings. The third kappa shape index (κ3) is 4.98. The van der Waals surface area contributed by atoms with Crippen LogP contribution in [0.1, 0.15) is 65.9 Å². The number of hydrogen-bond donors (Lipinski definition) is 0. The van der Waals surface area contributed by atoms with Crippen molar-refractivity contribution < 1.29 is 18.8 Å². The predicted molar refractivity (Wildman–Crippen MR) is 160 cm³/mol. The molecule has 12 nitrogen and oxygen atoms in total. The smallest absolute Gasteiger partial charge is 0.226 e. The minimum absolute atomic E-state index is 0.220. The monoisotopic (exact) mass is 610 g/mol. The van der Waals surface area contributed by atoms with Crippen LogP contribution in [0.2, 0.25) is 0 Å². The lowest BCUT2D eigenvalue weighted by Crippen LogP contribution is -2.35. The highest BCUT2D eigenvalue weighted by molar-refractivity contribution is 7.16. The van der Waals surface area contributed by atoms with E-state index in [0.717, 1.165) is 79.5 Å². The second-order valence-corrected chi connectivity index (χ2v) is 12.9. The van der Waals surface area contributed by atoms with Crippen LogP contribution in [0.25, 0.3) is 11.5 Å². The Bertz CT molecular complexity index is 1790. The molecule has 0 aromatic carbocycles. The number of nitriles is 1. The van der Waals surface area contributed by atoms with Crippen molar-refractivity contribution in [3.05, 3.63) is 52.1 Å². The molecular formula is C31H30N8O4S. The first-order chi connectivity index (χ1) is 21.4. The number of carbonyl (C=O) groups is 1. The van der Waals surface area contributed by atoms with Crippen LogP contribution in [0.3, 0.4) is 0 Å². The molecule has 13 heteroatoms. The summed E-state index contributed by atoms with van der Waals surface area (Å²) < 4.78 is 18.2. The summed E-state index contributed by atoms with van der Waals surface area (Å²) in [5.74, 6) is 1.96. The number of thiophene rings is 1. The number of fused-ring (bicyclic) bond motifs is 4. The molecule has 1 atom stereocenters. The number of ether oxygens (including phenoxy) is 2. The molecule has 4 heterocycles. The van der Waals surface area contributed by atoms with Crippen LogP contribution in [0.15, 0.2) is 34.3 Å². The number of aryl methyl sites for hydroxylation is 1. The standard InChI is InChI=1S/C31H30N8O4S/c1-39(2)18-35-29-21(12-32)25-22(44-29)6-4-8-31(25)7-3-5-20-26(38-43-27(20)31)28-36-23(41-16-30(15-40)9-10-30)11-24(37-28)42-19-13-33-17-34-14-19/h11,13-15,17-18H,3-10,16H2,1-2H3/t31-/m0/s1. The van der Waals surface area contributed by atoms with Crippen molar-refractivity contribution in [3.63, 3.8) is 0 Å². The molecular weight excluding hydrogens is 580 g/mol. The van der Waals surface area contributed by atoms with Crippen LogP contribution in [-0.2, 0) is 23.1 Å². The van der Waals surface area contributed by atoms with Crippen LogP contribution in [0, 0.1) is 16.7 Å². The number of hydrogen-bond acceptors (Lipinski definition) is 12. The summed E-state index contributed by atoms with van der Waals surface area (Å²) in [6, 6.07) is 4.05. The first-order valence-electron chi connectivity index (χ1n) is 14.6. The van der Waals surface area contributed by atoms with Crippen molar-refractivity contribution in [2.45, 2.75) is 56.8 Å². The average Bonchev–Trinajstić information content (AvgIpc) is 3.52. The number of aliphatic imine (C=N–C) groups is 1. The zero-order valence-corrected chi connectivity index (χ0v) is 25.3. The van der Waals surface area contributed by atoms with E-state index in [-0.39, 0.29) is 18.4 Å². The molecule has 4 aromatic heterocycles. The molecule has 0 radical (unpaired) electrons. The molecule has 0 amide bonds. The van der Waals surface area contributed by atoms with E-state index in [9.17, 15) is 10.1 Å². The van der Waals surface area contributed by atoms with Crippen LogP contribution in [-0.4, -0.2) is 63.3 Å². The molecule has 44 heavy (non-hydrogen) atoms. The first-order valence-corrected chi connectivity index (χ1v) is 15.4. The van der Waals surface area contributed by atoms with Gasteiger partial charge in [-0.25, -0.2) is 15.0 Å². The van der Waals surface area contributed by atoms with Crippen LogP contribution < -0.4 is 9.47 Å². The molecule has 0 bridgehead atoms. The summed E-state index contributed by atoms with van der Waals surface area (Å²) in [4.78, 5) is 36.7. The second kappa shape index (κ2) is 11.1. The van der Waals surface area contributed by atoms with Gasteiger partial charge in [-0.3, -0.25) is 0 Å². The molecule has 224 valence electrons. The molecule has 0 aliphatic heterocycles. The van der Waals surface area contributed by atoms with Gasteiger partial charge in [-0.2, -0.15) is 15.2 Å². The summed E-state index contributed by atoms with van der Waals surface area (Å²) in [5, 5.41) is 15.6. The highest BCUT2D eigenvalue weighted by atomic mass is 32.1. The van der Waals surface area contributed by atoms with Gasteiger partial charge in [0.2, 0.25) is 11.8 Å². The third-order valence-electron chi connectivity index (χ3n) is 8.52. The fraction of sp³-hybridized carbons (Fsp3) is 0.419. The van der Waals surface area contributed by atoms with E-state index in [1.54, 1.807) is 23.7 Å². The fourth-order valence-electron chi connectivity index (χ4n) is 6.21. The predicted octanol–water partition coefficient (Wildman–Crippen LogP) is 5.19. The Hall–Kier alpha value is -4.70. The largest absolute Gasteiger partial charge is 0.476 e. The molecule has 0 unspecified atom stereocenters. The molecule has 3 aliphatic rings. The summed E-state index contributed by atoms with van der Waals surface area (Å²) in [7, 11) is 3.82. The Morgan fingerprint density at radius 1 is 1.14 bits per heavy atom. The summed E-state index contributed by atoms with van der Waals surface area (Å²) in [5.41, 5.74) is 2.14. The fourth-order valence-corrected chi connectivity index (χ4v) is 7.43. The number of carbonyl (C=O) groups excluding carboxylic acids is 1. The van der Waals surface area contributed by atoms with E-state index in [1.165, 1.54) is 23.6 Å². The van der Waals surface area contributed by atoms with Crippen LogP contribution in [0.5, 0.6) is 17.5 Å². The van der Waals surface area contributed by atoms with Gasteiger partial charge in [0.1, 0.15) is 30.3 Å². The highest BCUT2D eigenvalue weighted by Crippen LogP contribution is 2.56. The zero-order chi connectivity index (χ0) is 30.3. The normalized spacial score (nSPS) is 19.7. The van der Waals surface area contributed by atoms with E-state index in [4.69, 9.17) is 19.0 Å². The number of aromatic nitrogens is 5. The van der Waals surface area contributed by atoms with E-state index in [0.29, 0.717) is 22.8 Å². The maximum Gasteiger partial charge on any atom is 0.226 e. The van der Waals surface area contributed by atoms with E-state index < -0.39 is 10.8 Å².